The first-order valence-corrected chi connectivity index (χ1v) is 22.4. The number of nitrogens with zero attached hydrogens (tertiary/aromatic N) is 3. The van der Waals surface area contributed by atoms with Gasteiger partial charge in [-0.1, -0.05) is 170 Å². The molecule has 3 aromatic heterocycles. The molecule has 62 heavy (non-hydrogen) atoms. The summed E-state index contributed by atoms with van der Waals surface area (Å²) in [6.45, 7) is 0. The number of thiophene rings is 2. The van der Waals surface area contributed by atoms with Gasteiger partial charge in [0.2, 0.25) is 0 Å². The van der Waals surface area contributed by atoms with Crippen LogP contribution in [-0.2, 0) is 0 Å². The van der Waals surface area contributed by atoms with E-state index in [0.29, 0.717) is 17.5 Å². The minimum atomic E-state index is 0.625. The maximum absolute atomic E-state index is 5.35. The number of rotatable bonds is 7. The van der Waals surface area contributed by atoms with Crippen molar-refractivity contribution >= 4 is 63.0 Å². The number of hydrogen-bond donors (Lipinski definition) is 0. The number of hydrogen-bond acceptors (Lipinski definition) is 5. The molecular formula is C57H35N3S2. The van der Waals surface area contributed by atoms with Gasteiger partial charge in [-0.3, -0.25) is 0 Å². The summed E-state index contributed by atoms with van der Waals surface area (Å²) in [5, 5.41) is 5.10. The maximum atomic E-state index is 5.35. The highest BCUT2D eigenvalue weighted by molar-refractivity contribution is 7.26. The highest BCUT2D eigenvalue weighted by Crippen LogP contribution is 2.45. The van der Waals surface area contributed by atoms with E-state index in [1.165, 1.54) is 62.6 Å². The van der Waals surface area contributed by atoms with Gasteiger partial charge in [0.05, 0.1) is 0 Å². The van der Waals surface area contributed by atoms with E-state index < -0.39 is 0 Å². The summed E-state index contributed by atoms with van der Waals surface area (Å²) in [5.41, 5.74) is 12.0. The average molecular weight is 826 g/mol. The Morgan fingerprint density at radius 3 is 1.16 bits per heavy atom. The first-order valence-electron chi connectivity index (χ1n) is 20.7. The lowest BCUT2D eigenvalue weighted by atomic mass is 9.94. The van der Waals surface area contributed by atoms with E-state index in [1.54, 1.807) is 0 Å². The molecule has 0 bridgehead atoms. The Morgan fingerprint density at radius 2 is 0.597 bits per heavy atom. The van der Waals surface area contributed by atoms with Crippen LogP contribution < -0.4 is 0 Å². The van der Waals surface area contributed by atoms with Crippen LogP contribution in [0.4, 0.5) is 0 Å². The fourth-order valence-electron chi connectivity index (χ4n) is 8.71. The Hall–Kier alpha value is -7.57. The second-order valence-electron chi connectivity index (χ2n) is 15.6. The molecule has 0 aliphatic heterocycles. The van der Waals surface area contributed by atoms with Crippen LogP contribution in [0.3, 0.4) is 0 Å². The standard InChI is InChI=1S/C57H35N3S2/c1-3-15-36(16-4-1)38-19-11-20-39(31-38)40-21-12-22-41(32-40)56-58-55(37-17-5-2-6-18-37)59-57(60-56)44-34-42(45-25-13-27-49-47-23-7-9-29-51(47)61-53(45)49)33-43(35-44)46-26-14-28-50-48-24-8-10-30-52(48)62-54(46)50/h1-35H. The minimum absolute atomic E-state index is 0.625. The van der Waals surface area contributed by atoms with E-state index in [4.69, 9.17) is 15.0 Å². The molecule has 3 heterocycles. The van der Waals surface area contributed by atoms with E-state index in [2.05, 4.69) is 194 Å². The van der Waals surface area contributed by atoms with Crippen LogP contribution in [0.5, 0.6) is 0 Å². The summed E-state index contributed by atoms with van der Waals surface area (Å²) in [5.74, 6) is 1.88. The molecule has 12 aromatic rings. The summed E-state index contributed by atoms with van der Waals surface area (Å²) in [4.78, 5) is 15.8. The molecule has 0 atom stereocenters. The quantitative estimate of drug-likeness (QED) is 0.161. The zero-order chi connectivity index (χ0) is 41.0. The van der Waals surface area contributed by atoms with Crippen LogP contribution in [0.2, 0.25) is 0 Å². The van der Waals surface area contributed by atoms with Crippen molar-refractivity contribution in [2.45, 2.75) is 0 Å². The Morgan fingerprint density at radius 1 is 0.242 bits per heavy atom. The highest BCUT2D eigenvalue weighted by Gasteiger charge is 2.19. The zero-order valence-corrected chi connectivity index (χ0v) is 35.0. The lowest BCUT2D eigenvalue weighted by molar-refractivity contribution is 1.07. The summed E-state index contributed by atoms with van der Waals surface area (Å²) in [7, 11) is 0. The van der Waals surface area contributed by atoms with Gasteiger partial charge in [-0.15, -0.1) is 22.7 Å². The number of aromatic nitrogens is 3. The van der Waals surface area contributed by atoms with E-state index in [0.717, 1.165) is 38.9 Å². The lowest BCUT2D eigenvalue weighted by Gasteiger charge is -2.14. The van der Waals surface area contributed by atoms with Crippen molar-refractivity contribution in [1.82, 2.24) is 15.0 Å². The van der Waals surface area contributed by atoms with Gasteiger partial charge in [-0.25, -0.2) is 15.0 Å². The number of fused-ring (bicyclic) bond motifs is 6. The van der Waals surface area contributed by atoms with E-state index in [9.17, 15) is 0 Å². The molecule has 290 valence electrons. The Labute approximate surface area is 366 Å². The SMILES string of the molecule is c1ccc(-c2cccc(-c3cccc(-c4nc(-c5ccccc5)nc(-c5cc(-c6cccc7c6sc6ccccc67)cc(-c6cccc7c6sc6ccccc67)c5)n4)c3)c2)cc1. The molecule has 3 nitrogen and oxygen atoms in total. The molecule has 0 spiro atoms. The molecule has 0 aliphatic carbocycles. The van der Waals surface area contributed by atoms with Gasteiger partial charge in [0.1, 0.15) is 0 Å². The molecule has 0 aliphatic rings. The molecular weight excluding hydrogens is 791 g/mol. The topological polar surface area (TPSA) is 38.7 Å². The second-order valence-corrected chi connectivity index (χ2v) is 17.7. The van der Waals surface area contributed by atoms with Crippen molar-refractivity contribution < 1.29 is 0 Å². The smallest absolute Gasteiger partial charge is 0.164 e. The van der Waals surface area contributed by atoms with Crippen LogP contribution in [0, 0.1) is 0 Å². The normalized spacial score (nSPS) is 11.5. The monoisotopic (exact) mass is 825 g/mol. The highest BCUT2D eigenvalue weighted by atomic mass is 32.1. The average Bonchev–Trinajstić information content (AvgIpc) is 3.93. The fraction of sp³-hybridized carbons (Fsp3) is 0. The van der Waals surface area contributed by atoms with Crippen molar-refractivity contribution in [3.05, 3.63) is 212 Å². The first kappa shape index (κ1) is 36.3. The first-order chi connectivity index (χ1) is 30.7. The predicted octanol–water partition coefficient (Wildman–Crippen LogP) is 16.3. The van der Waals surface area contributed by atoms with Crippen LogP contribution in [0.15, 0.2) is 212 Å². The van der Waals surface area contributed by atoms with E-state index >= 15 is 0 Å². The summed E-state index contributed by atoms with van der Waals surface area (Å²) < 4.78 is 5.10. The van der Waals surface area contributed by atoms with Crippen molar-refractivity contribution in [3.63, 3.8) is 0 Å². The van der Waals surface area contributed by atoms with Gasteiger partial charge in [-0.05, 0) is 87.0 Å². The molecule has 9 aromatic carbocycles. The van der Waals surface area contributed by atoms with Gasteiger partial charge in [0.25, 0.3) is 0 Å². The summed E-state index contributed by atoms with van der Waals surface area (Å²) >= 11 is 3.70. The molecule has 0 fully saturated rings. The Bertz CT molecular complexity index is 3510. The third-order valence-corrected chi connectivity index (χ3v) is 14.2. The van der Waals surface area contributed by atoms with Crippen molar-refractivity contribution in [1.29, 1.82) is 0 Å². The zero-order valence-electron chi connectivity index (χ0n) is 33.4. The summed E-state index contributed by atoms with van der Waals surface area (Å²) in [6, 6.07) is 75.7. The molecule has 0 N–H and O–H groups in total. The van der Waals surface area contributed by atoms with Gasteiger partial charge in [0, 0.05) is 57.0 Å². The maximum Gasteiger partial charge on any atom is 0.164 e. The van der Waals surface area contributed by atoms with Crippen molar-refractivity contribution in [3.8, 4) is 78.7 Å². The molecule has 0 unspecified atom stereocenters. The molecule has 5 heteroatoms. The second kappa shape index (κ2) is 15.2. The Balaban J connectivity index is 1.07. The number of benzene rings is 9. The van der Waals surface area contributed by atoms with Gasteiger partial charge in [0.15, 0.2) is 17.5 Å². The third kappa shape index (κ3) is 6.47. The van der Waals surface area contributed by atoms with Crippen LogP contribution >= 0.6 is 22.7 Å². The molecule has 12 rings (SSSR count). The van der Waals surface area contributed by atoms with Crippen LogP contribution in [0.25, 0.3) is 119 Å². The molecule has 0 amide bonds. The van der Waals surface area contributed by atoms with E-state index in [-0.39, 0.29) is 0 Å². The molecule has 0 saturated carbocycles. The predicted molar refractivity (Wildman–Crippen MR) is 264 cm³/mol. The minimum Gasteiger partial charge on any atom is -0.208 e. The van der Waals surface area contributed by atoms with Crippen molar-refractivity contribution in [2.75, 3.05) is 0 Å². The lowest BCUT2D eigenvalue weighted by Crippen LogP contribution is -2.01. The van der Waals surface area contributed by atoms with Gasteiger partial charge >= 0.3 is 0 Å². The fourth-order valence-corrected chi connectivity index (χ4v) is 11.2. The molecule has 0 radical (unpaired) electrons. The van der Waals surface area contributed by atoms with Gasteiger partial charge < -0.3 is 0 Å². The third-order valence-electron chi connectivity index (χ3n) is 11.7. The Kier molecular flexibility index (Phi) is 8.87. The van der Waals surface area contributed by atoms with E-state index in [1.807, 2.05) is 40.9 Å². The summed E-state index contributed by atoms with van der Waals surface area (Å²) in [6.07, 6.45) is 0. The van der Waals surface area contributed by atoms with Crippen molar-refractivity contribution in [2.24, 2.45) is 0 Å². The van der Waals surface area contributed by atoms with Crippen LogP contribution in [0.1, 0.15) is 0 Å². The largest absolute Gasteiger partial charge is 0.208 e. The molecule has 0 saturated heterocycles. The van der Waals surface area contributed by atoms with Gasteiger partial charge in [-0.2, -0.15) is 0 Å². The van der Waals surface area contributed by atoms with Crippen LogP contribution in [-0.4, -0.2) is 15.0 Å².